The minimum atomic E-state index is 0.844. The zero-order valence-corrected chi connectivity index (χ0v) is 12.6. The van der Waals surface area contributed by atoms with Gasteiger partial charge in [0.15, 0.2) is 0 Å². The van der Waals surface area contributed by atoms with Gasteiger partial charge in [-0.15, -0.1) is 0 Å². The summed E-state index contributed by atoms with van der Waals surface area (Å²) in [7, 11) is 0. The molecule has 3 heteroatoms. The van der Waals surface area contributed by atoms with E-state index in [4.69, 9.17) is 11.6 Å². The highest BCUT2D eigenvalue weighted by Crippen LogP contribution is 2.24. The van der Waals surface area contributed by atoms with Crippen molar-refractivity contribution >= 4 is 17.3 Å². The van der Waals surface area contributed by atoms with E-state index >= 15 is 0 Å². The van der Waals surface area contributed by atoms with Crippen LogP contribution in [0, 0.1) is 0 Å². The van der Waals surface area contributed by atoms with Gasteiger partial charge in [-0.25, -0.2) is 0 Å². The van der Waals surface area contributed by atoms with E-state index in [0.717, 1.165) is 44.0 Å². The highest BCUT2D eigenvalue weighted by molar-refractivity contribution is 6.31. The van der Waals surface area contributed by atoms with Gasteiger partial charge in [-0.3, -0.25) is 0 Å². The fraction of sp³-hybridized carbons (Fsp3) is 0.600. The number of rotatable bonds is 8. The Morgan fingerprint density at radius 3 is 2.28 bits per heavy atom. The Morgan fingerprint density at radius 2 is 1.78 bits per heavy atom. The van der Waals surface area contributed by atoms with E-state index in [-0.39, 0.29) is 0 Å². The third-order valence-electron chi connectivity index (χ3n) is 2.95. The van der Waals surface area contributed by atoms with E-state index in [0.29, 0.717) is 0 Å². The molecule has 1 aromatic carbocycles. The lowest BCUT2D eigenvalue weighted by atomic mass is 10.1. The van der Waals surface area contributed by atoms with Crippen molar-refractivity contribution < 1.29 is 0 Å². The molecular weight excluding hydrogens is 244 g/mol. The normalized spacial score (nSPS) is 10.7. The number of benzene rings is 1. The lowest BCUT2D eigenvalue weighted by Crippen LogP contribution is -2.24. The Balaban J connectivity index is 2.79. The maximum atomic E-state index is 6.34. The van der Waals surface area contributed by atoms with Crippen molar-refractivity contribution in [3.8, 4) is 0 Å². The first-order valence-electron chi connectivity index (χ1n) is 6.97. The van der Waals surface area contributed by atoms with Crippen molar-refractivity contribution in [1.29, 1.82) is 0 Å². The van der Waals surface area contributed by atoms with Crippen LogP contribution < -0.4 is 10.2 Å². The van der Waals surface area contributed by atoms with E-state index in [2.05, 4.69) is 49.2 Å². The molecule has 0 bridgehead atoms. The molecule has 0 fully saturated rings. The predicted octanol–water partition coefficient (Wildman–Crippen LogP) is 4.08. The first-order valence-corrected chi connectivity index (χ1v) is 7.34. The van der Waals surface area contributed by atoms with E-state index in [1.165, 1.54) is 11.3 Å². The van der Waals surface area contributed by atoms with Gasteiger partial charge in [-0.05, 0) is 37.1 Å². The molecule has 18 heavy (non-hydrogen) atoms. The Bertz CT molecular complexity index is 346. The van der Waals surface area contributed by atoms with Crippen LogP contribution in [0.5, 0.6) is 0 Å². The third kappa shape index (κ3) is 4.51. The topological polar surface area (TPSA) is 15.3 Å². The summed E-state index contributed by atoms with van der Waals surface area (Å²) in [5, 5.41) is 4.17. The van der Waals surface area contributed by atoms with Crippen LogP contribution in [0.25, 0.3) is 0 Å². The number of nitrogens with zero attached hydrogens (tertiary/aromatic N) is 1. The minimum absolute atomic E-state index is 0.844. The highest BCUT2D eigenvalue weighted by atomic mass is 35.5. The summed E-state index contributed by atoms with van der Waals surface area (Å²) in [5.74, 6) is 0. The second-order valence-electron chi connectivity index (χ2n) is 4.54. The average molecular weight is 269 g/mol. The van der Waals surface area contributed by atoms with Gasteiger partial charge < -0.3 is 10.2 Å². The minimum Gasteiger partial charge on any atom is -0.372 e. The molecule has 0 aromatic heterocycles. The molecule has 0 saturated carbocycles. The summed E-state index contributed by atoms with van der Waals surface area (Å²) in [6, 6.07) is 6.42. The first kappa shape index (κ1) is 15.3. The summed E-state index contributed by atoms with van der Waals surface area (Å²) in [6.07, 6.45) is 2.33. The van der Waals surface area contributed by atoms with Crippen molar-refractivity contribution in [2.24, 2.45) is 0 Å². The first-order chi connectivity index (χ1) is 8.72. The summed E-state index contributed by atoms with van der Waals surface area (Å²) in [6.45, 7) is 10.5. The maximum absolute atomic E-state index is 6.34. The summed E-state index contributed by atoms with van der Waals surface area (Å²) >= 11 is 6.34. The number of hydrogen-bond donors (Lipinski definition) is 1. The Labute approximate surface area is 116 Å². The molecule has 0 aliphatic rings. The fourth-order valence-electron chi connectivity index (χ4n) is 2.05. The molecule has 1 rings (SSSR count). The van der Waals surface area contributed by atoms with Crippen LogP contribution >= 0.6 is 11.6 Å². The Morgan fingerprint density at radius 1 is 1.11 bits per heavy atom. The molecule has 0 amide bonds. The number of halogens is 1. The van der Waals surface area contributed by atoms with Crippen molar-refractivity contribution in [2.75, 3.05) is 24.5 Å². The second kappa shape index (κ2) is 8.39. The van der Waals surface area contributed by atoms with Crippen LogP contribution in [0.3, 0.4) is 0 Å². The molecule has 1 N–H and O–H groups in total. The van der Waals surface area contributed by atoms with Crippen molar-refractivity contribution in [3.63, 3.8) is 0 Å². The highest BCUT2D eigenvalue weighted by Gasteiger charge is 2.07. The van der Waals surface area contributed by atoms with Gasteiger partial charge in [-0.1, -0.05) is 38.4 Å². The van der Waals surface area contributed by atoms with Crippen LogP contribution in [-0.2, 0) is 6.54 Å². The van der Waals surface area contributed by atoms with Gasteiger partial charge in [-0.2, -0.15) is 0 Å². The molecule has 0 heterocycles. The van der Waals surface area contributed by atoms with Gasteiger partial charge in [0.05, 0.1) is 0 Å². The Kier molecular flexibility index (Phi) is 7.14. The van der Waals surface area contributed by atoms with Crippen LogP contribution in [0.4, 0.5) is 5.69 Å². The van der Waals surface area contributed by atoms with Crippen molar-refractivity contribution in [2.45, 2.75) is 40.2 Å². The molecule has 0 atom stereocenters. The van der Waals surface area contributed by atoms with Crippen LogP contribution in [0.1, 0.15) is 39.2 Å². The fourth-order valence-corrected chi connectivity index (χ4v) is 2.29. The second-order valence-corrected chi connectivity index (χ2v) is 4.95. The van der Waals surface area contributed by atoms with Crippen molar-refractivity contribution in [1.82, 2.24) is 5.32 Å². The maximum Gasteiger partial charge on any atom is 0.0471 e. The molecule has 0 aliphatic carbocycles. The molecule has 1 aromatic rings. The number of nitrogens with one attached hydrogen (secondary N) is 1. The molecule has 0 radical (unpaired) electrons. The zero-order valence-electron chi connectivity index (χ0n) is 11.8. The van der Waals surface area contributed by atoms with Gasteiger partial charge in [0, 0.05) is 30.3 Å². The molecule has 0 unspecified atom stereocenters. The molecule has 0 saturated heterocycles. The summed E-state index contributed by atoms with van der Waals surface area (Å²) in [5.41, 5.74) is 2.42. The molecule has 0 spiro atoms. The van der Waals surface area contributed by atoms with Gasteiger partial charge in [0.25, 0.3) is 0 Å². The lowest BCUT2D eigenvalue weighted by molar-refractivity contribution is 0.725. The third-order valence-corrected chi connectivity index (χ3v) is 3.31. The zero-order chi connectivity index (χ0) is 13.4. The van der Waals surface area contributed by atoms with Crippen LogP contribution in [0.15, 0.2) is 18.2 Å². The van der Waals surface area contributed by atoms with E-state index < -0.39 is 0 Å². The van der Waals surface area contributed by atoms with Crippen molar-refractivity contribution in [3.05, 3.63) is 28.8 Å². The largest absolute Gasteiger partial charge is 0.372 e. The molecule has 102 valence electrons. The molecular formula is C15H25ClN2. The predicted molar refractivity (Wildman–Crippen MR) is 81.6 cm³/mol. The number of anilines is 1. The average Bonchev–Trinajstić information content (AvgIpc) is 2.37. The molecule has 2 nitrogen and oxygen atoms in total. The molecule has 0 aliphatic heterocycles. The Hall–Kier alpha value is -0.730. The summed E-state index contributed by atoms with van der Waals surface area (Å²) < 4.78 is 0. The number of hydrogen-bond acceptors (Lipinski definition) is 2. The van der Waals surface area contributed by atoms with Crippen LogP contribution in [-0.4, -0.2) is 19.6 Å². The van der Waals surface area contributed by atoms with Gasteiger partial charge in [0.2, 0.25) is 0 Å². The monoisotopic (exact) mass is 268 g/mol. The van der Waals surface area contributed by atoms with E-state index in [9.17, 15) is 0 Å². The quantitative estimate of drug-likeness (QED) is 0.764. The van der Waals surface area contributed by atoms with E-state index in [1.807, 2.05) is 0 Å². The smallest absolute Gasteiger partial charge is 0.0471 e. The van der Waals surface area contributed by atoms with E-state index in [1.54, 1.807) is 0 Å². The lowest BCUT2D eigenvalue weighted by Gasteiger charge is -2.24. The van der Waals surface area contributed by atoms with Gasteiger partial charge >= 0.3 is 0 Å². The van der Waals surface area contributed by atoms with Crippen LogP contribution in [0.2, 0.25) is 5.02 Å². The van der Waals surface area contributed by atoms with Gasteiger partial charge in [0.1, 0.15) is 0 Å². The standard InChI is InChI=1S/C15H25ClN2/c1-4-9-18(10-5-2)14-8-7-13(12-17-6-3)15(16)11-14/h7-8,11,17H,4-6,9-10,12H2,1-3H3. The summed E-state index contributed by atoms with van der Waals surface area (Å²) in [4.78, 5) is 2.41. The SMILES string of the molecule is CCCN(CCC)c1ccc(CNCC)c(Cl)c1.